The molecule has 0 fully saturated rings. The van der Waals surface area contributed by atoms with E-state index in [1.807, 2.05) is 23.6 Å². The lowest BCUT2D eigenvalue weighted by Gasteiger charge is -2.10. The van der Waals surface area contributed by atoms with E-state index >= 15 is 0 Å². The molecule has 1 N–H and O–H groups in total. The second-order valence-corrected chi connectivity index (χ2v) is 4.94. The van der Waals surface area contributed by atoms with Gasteiger partial charge in [-0.25, -0.2) is 9.78 Å². The van der Waals surface area contributed by atoms with E-state index in [-0.39, 0.29) is 5.56 Å². The summed E-state index contributed by atoms with van der Waals surface area (Å²) in [7, 11) is 0. The Hall–Kier alpha value is -2.33. The number of carbonyl (C=O) groups is 1. The molecule has 1 heterocycles. The van der Waals surface area contributed by atoms with Gasteiger partial charge in [0.25, 0.3) is 0 Å². The van der Waals surface area contributed by atoms with Crippen LogP contribution in [0.1, 0.15) is 15.9 Å². The zero-order valence-electron chi connectivity index (χ0n) is 10.7. The minimum Gasteiger partial charge on any atom is -0.478 e. The van der Waals surface area contributed by atoms with Gasteiger partial charge in [-0.15, -0.1) is 0 Å². The molecule has 2 aromatic carbocycles. The summed E-state index contributed by atoms with van der Waals surface area (Å²) in [5, 5.41) is 9.70. The summed E-state index contributed by atoms with van der Waals surface area (Å²) in [6.45, 7) is 1.95. The Balaban J connectivity index is 2.31. The van der Waals surface area contributed by atoms with E-state index in [9.17, 15) is 4.79 Å². The highest BCUT2D eigenvalue weighted by atomic mass is 35.5. The molecule has 0 atom stereocenters. The molecule has 0 bridgehead atoms. The summed E-state index contributed by atoms with van der Waals surface area (Å²) in [5.74, 6) is -0.962. The van der Waals surface area contributed by atoms with E-state index in [2.05, 4.69) is 4.98 Å². The lowest BCUT2D eigenvalue weighted by Crippen LogP contribution is -1.99. The van der Waals surface area contributed by atoms with Crippen molar-refractivity contribution in [1.82, 2.24) is 9.55 Å². The van der Waals surface area contributed by atoms with Crippen LogP contribution in [-0.4, -0.2) is 20.6 Å². The van der Waals surface area contributed by atoms with Gasteiger partial charge in [-0.2, -0.15) is 0 Å². The van der Waals surface area contributed by atoms with E-state index < -0.39 is 5.97 Å². The fourth-order valence-corrected chi connectivity index (χ4v) is 2.56. The first kappa shape index (κ1) is 12.7. The van der Waals surface area contributed by atoms with Crippen LogP contribution in [0, 0.1) is 6.92 Å². The van der Waals surface area contributed by atoms with Crippen molar-refractivity contribution in [3.63, 3.8) is 0 Å². The molecule has 0 saturated carbocycles. The van der Waals surface area contributed by atoms with Gasteiger partial charge in [0.05, 0.1) is 27.3 Å². The quantitative estimate of drug-likeness (QED) is 0.782. The molecule has 0 aliphatic rings. The highest BCUT2D eigenvalue weighted by molar-refractivity contribution is 6.32. The summed E-state index contributed by atoms with van der Waals surface area (Å²) in [6, 6.07) is 10.5. The Bertz CT molecular complexity index is 804. The number of imidazole rings is 1. The molecule has 0 spiro atoms. The van der Waals surface area contributed by atoms with Crippen molar-refractivity contribution in [2.24, 2.45) is 0 Å². The van der Waals surface area contributed by atoms with Gasteiger partial charge >= 0.3 is 5.97 Å². The third-order valence-electron chi connectivity index (χ3n) is 3.22. The van der Waals surface area contributed by atoms with Gasteiger partial charge in [-0.1, -0.05) is 23.7 Å². The lowest BCUT2D eigenvalue weighted by molar-refractivity contribution is 0.0697. The Morgan fingerprint density at radius 1 is 1.30 bits per heavy atom. The molecule has 3 rings (SSSR count). The smallest absolute Gasteiger partial charge is 0.335 e. The minimum absolute atomic E-state index is 0.226. The molecule has 1 aromatic heterocycles. The summed E-state index contributed by atoms with van der Waals surface area (Å²) in [4.78, 5) is 15.4. The van der Waals surface area contributed by atoms with Crippen LogP contribution < -0.4 is 0 Å². The third kappa shape index (κ3) is 1.94. The number of hydrogen-bond donors (Lipinski definition) is 1. The molecule has 0 amide bonds. The third-order valence-corrected chi connectivity index (χ3v) is 3.53. The second-order valence-electron chi connectivity index (χ2n) is 4.53. The van der Waals surface area contributed by atoms with Crippen LogP contribution in [0.4, 0.5) is 0 Å². The highest BCUT2D eigenvalue weighted by Crippen LogP contribution is 2.27. The summed E-state index contributed by atoms with van der Waals surface area (Å²) in [5.41, 5.74) is 3.50. The second kappa shape index (κ2) is 4.65. The summed E-state index contributed by atoms with van der Waals surface area (Å²) < 4.78 is 1.82. The van der Waals surface area contributed by atoms with E-state index in [0.29, 0.717) is 5.02 Å². The average Bonchev–Trinajstić information content (AvgIpc) is 2.81. The first-order chi connectivity index (χ1) is 9.58. The number of aromatic nitrogens is 2. The number of fused-ring (bicyclic) bond motifs is 1. The zero-order valence-corrected chi connectivity index (χ0v) is 11.4. The van der Waals surface area contributed by atoms with Crippen LogP contribution in [0.3, 0.4) is 0 Å². The van der Waals surface area contributed by atoms with E-state index in [0.717, 1.165) is 22.3 Å². The van der Waals surface area contributed by atoms with Gasteiger partial charge < -0.3 is 5.11 Å². The number of carboxylic acid groups (broad SMARTS) is 1. The van der Waals surface area contributed by atoms with Crippen molar-refractivity contribution >= 4 is 28.6 Å². The Labute approximate surface area is 120 Å². The van der Waals surface area contributed by atoms with E-state index in [1.54, 1.807) is 30.6 Å². The van der Waals surface area contributed by atoms with Crippen molar-refractivity contribution in [3.8, 4) is 5.69 Å². The zero-order chi connectivity index (χ0) is 14.3. The number of aromatic carboxylic acids is 1. The largest absolute Gasteiger partial charge is 0.478 e. The van der Waals surface area contributed by atoms with Gasteiger partial charge in [0, 0.05) is 0 Å². The molecule has 0 aliphatic heterocycles. The van der Waals surface area contributed by atoms with Gasteiger partial charge in [-0.05, 0) is 36.8 Å². The van der Waals surface area contributed by atoms with Crippen LogP contribution in [0.2, 0.25) is 5.02 Å². The molecule has 0 radical (unpaired) electrons. The minimum atomic E-state index is -0.962. The predicted octanol–water partition coefficient (Wildman–Crippen LogP) is 3.69. The van der Waals surface area contributed by atoms with Crippen LogP contribution in [-0.2, 0) is 0 Å². The van der Waals surface area contributed by atoms with Gasteiger partial charge in [0.2, 0.25) is 0 Å². The average molecular weight is 287 g/mol. The standard InChI is InChI=1S/C15H11ClN2O2/c1-9-3-2-4-11(16)14(9)18-8-17-12-6-5-10(15(19)20)7-13(12)18/h2-8H,1H3,(H,19,20). The molecule has 0 unspecified atom stereocenters. The van der Waals surface area contributed by atoms with Gasteiger partial charge in [0.15, 0.2) is 0 Å². The molecular weight excluding hydrogens is 276 g/mol. The number of carboxylic acids is 1. The normalized spacial score (nSPS) is 10.9. The maximum absolute atomic E-state index is 11.1. The number of benzene rings is 2. The van der Waals surface area contributed by atoms with Gasteiger partial charge in [-0.3, -0.25) is 4.57 Å². The fourth-order valence-electron chi connectivity index (χ4n) is 2.25. The van der Waals surface area contributed by atoms with Gasteiger partial charge in [0.1, 0.15) is 6.33 Å². The number of para-hydroxylation sites is 1. The summed E-state index contributed by atoms with van der Waals surface area (Å²) >= 11 is 6.26. The number of rotatable bonds is 2. The Morgan fingerprint density at radius 2 is 2.10 bits per heavy atom. The Morgan fingerprint density at radius 3 is 2.80 bits per heavy atom. The Kier molecular flexibility index (Phi) is 2.95. The summed E-state index contributed by atoms with van der Waals surface area (Å²) in [6.07, 6.45) is 1.66. The van der Waals surface area contributed by atoms with Crippen molar-refractivity contribution in [2.45, 2.75) is 6.92 Å². The van der Waals surface area contributed by atoms with Crippen LogP contribution in [0.5, 0.6) is 0 Å². The molecule has 5 heteroatoms. The molecule has 0 aliphatic carbocycles. The maximum atomic E-state index is 11.1. The highest BCUT2D eigenvalue weighted by Gasteiger charge is 2.12. The topological polar surface area (TPSA) is 55.1 Å². The molecule has 100 valence electrons. The molecular formula is C15H11ClN2O2. The van der Waals surface area contributed by atoms with E-state index in [4.69, 9.17) is 16.7 Å². The predicted molar refractivity (Wildman–Crippen MR) is 77.8 cm³/mol. The van der Waals surface area contributed by atoms with Crippen LogP contribution >= 0.6 is 11.6 Å². The number of halogens is 1. The van der Waals surface area contributed by atoms with Crippen molar-refractivity contribution in [1.29, 1.82) is 0 Å². The molecule has 0 saturated heterocycles. The number of aryl methyl sites for hydroxylation is 1. The molecule has 3 aromatic rings. The van der Waals surface area contributed by atoms with Crippen molar-refractivity contribution < 1.29 is 9.90 Å². The van der Waals surface area contributed by atoms with E-state index in [1.165, 1.54) is 0 Å². The van der Waals surface area contributed by atoms with Crippen molar-refractivity contribution in [3.05, 3.63) is 58.9 Å². The lowest BCUT2D eigenvalue weighted by atomic mass is 10.1. The number of hydrogen-bond acceptors (Lipinski definition) is 2. The molecule has 4 nitrogen and oxygen atoms in total. The maximum Gasteiger partial charge on any atom is 0.335 e. The van der Waals surface area contributed by atoms with Crippen LogP contribution in [0.25, 0.3) is 16.7 Å². The monoisotopic (exact) mass is 286 g/mol. The first-order valence-corrected chi connectivity index (χ1v) is 6.41. The van der Waals surface area contributed by atoms with Crippen LogP contribution in [0.15, 0.2) is 42.7 Å². The molecule has 20 heavy (non-hydrogen) atoms. The SMILES string of the molecule is Cc1cccc(Cl)c1-n1cnc2ccc(C(=O)O)cc21. The number of nitrogens with zero attached hydrogens (tertiary/aromatic N) is 2. The van der Waals surface area contributed by atoms with Crippen molar-refractivity contribution in [2.75, 3.05) is 0 Å². The fraction of sp³-hybridized carbons (Fsp3) is 0.0667. The first-order valence-electron chi connectivity index (χ1n) is 6.04.